The lowest BCUT2D eigenvalue weighted by atomic mass is 10.0. The third-order valence-corrected chi connectivity index (χ3v) is 7.21. The maximum Gasteiger partial charge on any atom is 0.257 e. The van der Waals surface area contributed by atoms with E-state index < -0.39 is 15.7 Å². The molecule has 2 fully saturated rings. The van der Waals surface area contributed by atoms with E-state index in [1.807, 2.05) is 4.90 Å². The van der Waals surface area contributed by atoms with Gasteiger partial charge in [-0.1, -0.05) is 18.2 Å². The predicted octanol–water partition coefficient (Wildman–Crippen LogP) is 3.60. The molecule has 0 unspecified atom stereocenters. The van der Waals surface area contributed by atoms with Gasteiger partial charge in [-0.2, -0.15) is 0 Å². The molecule has 2 saturated heterocycles. The highest BCUT2D eigenvalue weighted by Gasteiger charge is 2.32. The molecule has 0 aromatic heterocycles. The molecular weight excluding hydrogens is 403 g/mol. The highest BCUT2D eigenvalue weighted by Crippen LogP contribution is 2.27. The first-order chi connectivity index (χ1) is 14.3. The zero-order valence-electron chi connectivity index (χ0n) is 17.2. The van der Waals surface area contributed by atoms with Gasteiger partial charge in [-0.3, -0.25) is 4.79 Å². The molecule has 2 aromatic carbocycles. The lowest BCUT2D eigenvalue weighted by molar-refractivity contribution is 0.0704. The molecule has 0 aliphatic carbocycles. The van der Waals surface area contributed by atoms with Crippen LogP contribution in [0.3, 0.4) is 0 Å². The highest BCUT2D eigenvalue weighted by atomic mass is 32.2. The molecule has 2 aromatic rings. The number of carbonyl (C=O) groups excluding carboxylic acids is 1. The fourth-order valence-corrected chi connectivity index (χ4v) is 5.15. The molecule has 0 N–H and O–H groups in total. The zero-order chi connectivity index (χ0) is 21.3. The number of amides is 1. The number of carbonyl (C=O) groups is 1. The highest BCUT2D eigenvalue weighted by molar-refractivity contribution is 7.90. The Morgan fingerprint density at radius 2 is 1.77 bits per heavy atom. The van der Waals surface area contributed by atoms with Gasteiger partial charge in [0.05, 0.1) is 10.5 Å². The summed E-state index contributed by atoms with van der Waals surface area (Å²) in [5, 5.41) is 0. The zero-order valence-corrected chi connectivity index (χ0v) is 18.0. The van der Waals surface area contributed by atoms with Crippen molar-refractivity contribution < 1.29 is 17.6 Å². The Morgan fingerprint density at radius 3 is 2.47 bits per heavy atom. The Labute approximate surface area is 177 Å². The Morgan fingerprint density at radius 1 is 1.03 bits per heavy atom. The fraction of sp³-hybridized carbons (Fsp3) is 0.435. The van der Waals surface area contributed by atoms with Gasteiger partial charge in [0.25, 0.3) is 5.91 Å². The van der Waals surface area contributed by atoms with Crippen LogP contribution in [0, 0.1) is 5.82 Å². The summed E-state index contributed by atoms with van der Waals surface area (Å²) in [6, 6.07) is 11.1. The van der Waals surface area contributed by atoms with Gasteiger partial charge in [0.15, 0.2) is 9.84 Å². The van der Waals surface area contributed by atoms with Gasteiger partial charge in [-0.05, 0) is 74.2 Å². The minimum absolute atomic E-state index is 0.0753. The van der Waals surface area contributed by atoms with E-state index in [1.165, 1.54) is 37.1 Å². The number of benzene rings is 2. The number of rotatable bonds is 5. The molecule has 2 aliphatic rings. The van der Waals surface area contributed by atoms with Gasteiger partial charge in [0, 0.05) is 25.4 Å². The van der Waals surface area contributed by atoms with Gasteiger partial charge >= 0.3 is 0 Å². The van der Waals surface area contributed by atoms with Crippen molar-refractivity contribution in [2.45, 2.75) is 36.6 Å². The monoisotopic (exact) mass is 430 g/mol. The molecule has 7 heteroatoms. The number of halogens is 1. The summed E-state index contributed by atoms with van der Waals surface area (Å²) < 4.78 is 38.5. The summed E-state index contributed by atoms with van der Waals surface area (Å²) in [5.41, 5.74) is 1.22. The minimum atomic E-state index is -3.35. The average Bonchev–Trinajstić information content (AvgIpc) is 3.39. The average molecular weight is 431 g/mol. The van der Waals surface area contributed by atoms with E-state index in [-0.39, 0.29) is 22.4 Å². The molecule has 5 nitrogen and oxygen atoms in total. The number of sulfone groups is 1. The Balaban J connectivity index is 1.55. The van der Waals surface area contributed by atoms with Crippen molar-refractivity contribution in [2.24, 2.45) is 0 Å². The van der Waals surface area contributed by atoms with Gasteiger partial charge in [0.1, 0.15) is 5.82 Å². The van der Waals surface area contributed by atoms with E-state index in [1.54, 1.807) is 18.2 Å². The Kier molecular flexibility index (Phi) is 5.93. The largest absolute Gasteiger partial charge is 0.334 e. The van der Waals surface area contributed by atoms with Crippen molar-refractivity contribution in [3.63, 3.8) is 0 Å². The standard InChI is InChI=1S/C23H27FN2O3S/c1-30(28,29)20-8-4-6-17(14-20)18-9-10-21(22(24)15-18)23(27)26-13-5-7-19(26)16-25-11-2-3-12-25/h4,6,8-10,14-15,19H,2-3,5,7,11-13,16H2,1H3/t19-/m0/s1. The molecule has 4 rings (SSSR count). The number of hydrogen-bond donors (Lipinski definition) is 0. The number of nitrogens with zero attached hydrogens (tertiary/aromatic N) is 2. The van der Waals surface area contributed by atoms with Crippen LogP contribution in [0.15, 0.2) is 47.4 Å². The molecule has 2 aliphatic heterocycles. The second kappa shape index (κ2) is 8.47. The normalized spacial score (nSPS) is 20.1. The van der Waals surface area contributed by atoms with E-state index in [9.17, 15) is 17.6 Å². The van der Waals surface area contributed by atoms with E-state index in [4.69, 9.17) is 0 Å². The van der Waals surface area contributed by atoms with Crippen LogP contribution in [0.5, 0.6) is 0 Å². The van der Waals surface area contributed by atoms with Crippen LogP contribution in [0.4, 0.5) is 4.39 Å². The van der Waals surface area contributed by atoms with Crippen molar-refractivity contribution in [2.75, 3.05) is 32.4 Å². The summed E-state index contributed by atoms with van der Waals surface area (Å²) >= 11 is 0. The summed E-state index contributed by atoms with van der Waals surface area (Å²) in [5.74, 6) is -0.834. The van der Waals surface area contributed by atoms with Gasteiger partial charge < -0.3 is 9.80 Å². The van der Waals surface area contributed by atoms with E-state index in [2.05, 4.69) is 4.90 Å². The summed E-state index contributed by atoms with van der Waals surface area (Å²) in [6.45, 7) is 3.68. The van der Waals surface area contributed by atoms with Gasteiger partial charge in [-0.15, -0.1) is 0 Å². The van der Waals surface area contributed by atoms with Crippen molar-refractivity contribution in [1.29, 1.82) is 0 Å². The summed E-state index contributed by atoms with van der Waals surface area (Å²) in [4.78, 5) is 17.5. The molecule has 0 radical (unpaired) electrons. The second-order valence-corrected chi connectivity index (χ2v) is 10.3. The minimum Gasteiger partial charge on any atom is -0.334 e. The first-order valence-electron chi connectivity index (χ1n) is 10.5. The smallest absolute Gasteiger partial charge is 0.257 e. The van der Waals surface area contributed by atoms with E-state index >= 15 is 0 Å². The van der Waals surface area contributed by atoms with Crippen LogP contribution in [0.2, 0.25) is 0 Å². The molecule has 0 saturated carbocycles. The molecule has 0 bridgehead atoms. The van der Waals surface area contributed by atoms with Crippen molar-refractivity contribution in [3.05, 3.63) is 53.8 Å². The Bertz CT molecular complexity index is 1050. The van der Waals surface area contributed by atoms with Crippen LogP contribution >= 0.6 is 0 Å². The number of likely N-dealkylation sites (tertiary alicyclic amines) is 2. The third-order valence-electron chi connectivity index (χ3n) is 6.10. The van der Waals surface area contributed by atoms with Crippen LogP contribution in [0.1, 0.15) is 36.0 Å². The molecule has 1 atom stereocenters. The fourth-order valence-electron chi connectivity index (χ4n) is 4.49. The maximum absolute atomic E-state index is 14.9. The van der Waals surface area contributed by atoms with Crippen LogP contribution in [0.25, 0.3) is 11.1 Å². The van der Waals surface area contributed by atoms with Gasteiger partial charge in [0.2, 0.25) is 0 Å². The molecule has 2 heterocycles. The van der Waals surface area contributed by atoms with Crippen LogP contribution in [-0.2, 0) is 9.84 Å². The summed E-state index contributed by atoms with van der Waals surface area (Å²) in [7, 11) is -3.35. The Hall–Kier alpha value is -2.25. The third kappa shape index (κ3) is 4.42. The van der Waals surface area contributed by atoms with Crippen molar-refractivity contribution >= 4 is 15.7 Å². The maximum atomic E-state index is 14.9. The predicted molar refractivity (Wildman–Crippen MR) is 115 cm³/mol. The van der Waals surface area contributed by atoms with Crippen LogP contribution in [-0.4, -0.2) is 62.6 Å². The molecule has 160 valence electrons. The SMILES string of the molecule is CS(=O)(=O)c1cccc(-c2ccc(C(=O)N3CCC[C@H]3CN3CCCC3)c(F)c2)c1. The first kappa shape index (κ1) is 21.0. The second-order valence-electron chi connectivity index (χ2n) is 8.30. The van der Waals surface area contributed by atoms with Crippen molar-refractivity contribution in [3.8, 4) is 11.1 Å². The lowest BCUT2D eigenvalue weighted by Crippen LogP contribution is -2.42. The first-order valence-corrected chi connectivity index (χ1v) is 12.4. The van der Waals surface area contributed by atoms with E-state index in [0.29, 0.717) is 17.7 Å². The van der Waals surface area contributed by atoms with Crippen molar-refractivity contribution in [1.82, 2.24) is 9.80 Å². The molecule has 1 amide bonds. The summed E-state index contributed by atoms with van der Waals surface area (Å²) in [6.07, 6.45) is 5.46. The molecule has 30 heavy (non-hydrogen) atoms. The lowest BCUT2D eigenvalue weighted by Gasteiger charge is -2.28. The van der Waals surface area contributed by atoms with Crippen LogP contribution < -0.4 is 0 Å². The number of hydrogen-bond acceptors (Lipinski definition) is 4. The molecular formula is C23H27FN2O3S. The van der Waals surface area contributed by atoms with E-state index in [0.717, 1.165) is 38.7 Å². The molecule has 0 spiro atoms. The van der Waals surface area contributed by atoms with Gasteiger partial charge in [-0.25, -0.2) is 12.8 Å². The quantitative estimate of drug-likeness (QED) is 0.727. The topological polar surface area (TPSA) is 57.7 Å².